The minimum atomic E-state index is 0.225. The molecule has 1 atom stereocenters. The Morgan fingerprint density at radius 3 is 2.17 bits per heavy atom. The van der Waals surface area contributed by atoms with Gasteiger partial charge in [-0.05, 0) is 22.8 Å². The molecule has 1 heteroatoms. The van der Waals surface area contributed by atoms with Gasteiger partial charge in [-0.15, -0.1) is 0 Å². The van der Waals surface area contributed by atoms with E-state index in [9.17, 15) is 0 Å². The van der Waals surface area contributed by atoms with Gasteiger partial charge in [-0.2, -0.15) is 0 Å². The summed E-state index contributed by atoms with van der Waals surface area (Å²) in [7, 11) is 0. The van der Waals surface area contributed by atoms with Gasteiger partial charge in [-0.25, -0.2) is 0 Å². The summed E-state index contributed by atoms with van der Waals surface area (Å²) in [6.45, 7) is 0. The van der Waals surface area contributed by atoms with E-state index in [1.807, 2.05) is 6.07 Å². The van der Waals surface area contributed by atoms with Crippen molar-refractivity contribution in [2.24, 2.45) is 0 Å². The summed E-state index contributed by atoms with van der Waals surface area (Å²) >= 11 is 0. The first kappa shape index (κ1) is 14.5. The Kier molecular flexibility index (Phi) is 3.99. The third-order valence-corrected chi connectivity index (χ3v) is 4.40. The molecule has 1 aromatic heterocycles. The van der Waals surface area contributed by atoms with E-state index in [1.54, 1.807) is 0 Å². The second-order valence-electron chi connectivity index (χ2n) is 5.95. The molecule has 1 nitrogen and oxygen atoms in total. The molecule has 116 valence electrons. The average molecular weight is 309 g/mol. The van der Waals surface area contributed by atoms with Gasteiger partial charge in [0.25, 0.3) is 0 Å². The highest BCUT2D eigenvalue weighted by Gasteiger charge is 2.15. The van der Waals surface area contributed by atoms with E-state index < -0.39 is 0 Å². The van der Waals surface area contributed by atoms with E-state index >= 15 is 0 Å². The van der Waals surface area contributed by atoms with Gasteiger partial charge in [-0.3, -0.25) is 0 Å². The normalized spacial score (nSPS) is 12.7. The molecule has 1 heterocycles. The lowest BCUT2D eigenvalue weighted by Crippen LogP contribution is -1.96. The van der Waals surface area contributed by atoms with Crippen LogP contribution in [0.5, 0.6) is 0 Å². The minimum absolute atomic E-state index is 0.225. The fourth-order valence-corrected chi connectivity index (χ4v) is 3.18. The number of rotatable bonds is 4. The molecule has 0 amide bonds. The van der Waals surface area contributed by atoms with Gasteiger partial charge in [-0.1, -0.05) is 91.0 Å². The largest absolute Gasteiger partial charge is 0.361 e. The molecule has 0 saturated heterocycles. The summed E-state index contributed by atoms with van der Waals surface area (Å²) in [6, 6.07) is 29.6. The maximum Gasteiger partial charge on any atom is 0.0457 e. The van der Waals surface area contributed by atoms with Crippen LogP contribution in [0.2, 0.25) is 0 Å². The van der Waals surface area contributed by atoms with Gasteiger partial charge in [0, 0.05) is 23.0 Å². The van der Waals surface area contributed by atoms with Crippen LogP contribution in [0.15, 0.2) is 97.2 Å². The van der Waals surface area contributed by atoms with Crippen molar-refractivity contribution in [2.45, 2.75) is 5.92 Å². The molecule has 0 saturated carbocycles. The van der Waals surface area contributed by atoms with Crippen molar-refractivity contribution >= 4 is 17.0 Å². The zero-order valence-electron chi connectivity index (χ0n) is 13.4. The number of H-pyrrole nitrogens is 1. The third kappa shape index (κ3) is 2.89. The molecule has 4 aromatic rings. The molecular formula is C23H19N. The predicted octanol–water partition coefficient (Wildman–Crippen LogP) is 6.01. The van der Waals surface area contributed by atoms with E-state index in [2.05, 4.69) is 102 Å². The zero-order chi connectivity index (χ0) is 16.2. The second-order valence-corrected chi connectivity index (χ2v) is 5.95. The molecule has 0 fully saturated rings. The van der Waals surface area contributed by atoms with Gasteiger partial charge in [0.1, 0.15) is 0 Å². The standard InChI is InChI=1S/C23H19N/c1-3-9-18(10-4-1)15-16-20(19-11-5-2-6-12-19)22-17-24-23-14-8-7-13-21(22)23/h1-17,20,24H/b16-15+/t20-/m0/s1. The van der Waals surface area contributed by atoms with Crippen LogP contribution in [-0.2, 0) is 0 Å². The first-order valence-corrected chi connectivity index (χ1v) is 8.26. The molecule has 0 unspecified atom stereocenters. The number of allylic oxidation sites excluding steroid dienone is 1. The number of hydrogen-bond acceptors (Lipinski definition) is 0. The van der Waals surface area contributed by atoms with Crippen LogP contribution in [0.1, 0.15) is 22.6 Å². The van der Waals surface area contributed by atoms with Crippen LogP contribution in [0.4, 0.5) is 0 Å². The lowest BCUT2D eigenvalue weighted by molar-refractivity contribution is 1.04. The van der Waals surface area contributed by atoms with Crippen LogP contribution < -0.4 is 0 Å². The summed E-state index contributed by atoms with van der Waals surface area (Å²) < 4.78 is 0. The van der Waals surface area contributed by atoms with Gasteiger partial charge in [0.2, 0.25) is 0 Å². The van der Waals surface area contributed by atoms with E-state index in [-0.39, 0.29) is 5.92 Å². The monoisotopic (exact) mass is 309 g/mol. The Hall–Kier alpha value is -3.06. The molecule has 24 heavy (non-hydrogen) atoms. The lowest BCUT2D eigenvalue weighted by atomic mass is 9.90. The van der Waals surface area contributed by atoms with E-state index in [0.717, 1.165) is 0 Å². The molecule has 0 radical (unpaired) electrons. The smallest absolute Gasteiger partial charge is 0.0457 e. The number of aromatic amines is 1. The van der Waals surface area contributed by atoms with Crippen molar-refractivity contribution in [3.63, 3.8) is 0 Å². The van der Waals surface area contributed by atoms with Crippen molar-refractivity contribution < 1.29 is 0 Å². The van der Waals surface area contributed by atoms with Gasteiger partial charge in [0.05, 0.1) is 0 Å². The number of hydrogen-bond donors (Lipinski definition) is 1. The molecule has 4 rings (SSSR count). The Bertz CT molecular complexity index is 949. The number of fused-ring (bicyclic) bond motifs is 1. The quantitative estimate of drug-likeness (QED) is 0.475. The zero-order valence-corrected chi connectivity index (χ0v) is 13.4. The summed E-state index contributed by atoms with van der Waals surface area (Å²) in [5, 5.41) is 1.28. The maximum atomic E-state index is 3.40. The van der Waals surface area contributed by atoms with Crippen LogP contribution in [-0.4, -0.2) is 4.98 Å². The van der Waals surface area contributed by atoms with Crippen molar-refractivity contribution in [3.8, 4) is 0 Å². The molecule has 1 N–H and O–H groups in total. The number of nitrogens with one attached hydrogen (secondary N) is 1. The minimum Gasteiger partial charge on any atom is -0.361 e. The number of para-hydroxylation sites is 1. The third-order valence-electron chi connectivity index (χ3n) is 4.40. The predicted molar refractivity (Wildman–Crippen MR) is 102 cm³/mol. The molecule has 0 spiro atoms. The maximum absolute atomic E-state index is 3.40. The lowest BCUT2D eigenvalue weighted by Gasteiger charge is -2.13. The summed E-state index contributed by atoms with van der Waals surface area (Å²) in [4.78, 5) is 3.40. The molecule has 0 aliphatic rings. The van der Waals surface area contributed by atoms with Crippen molar-refractivity contribution in [2.75, 3.05) is 0 Å². The van der Waals surface area contributed by atoms with Crippen molar-refractivity contribution in [1.82, 2.24) is 4.98 Å². The van der Waals surface area contributed by atoms with Crippen LogP contribution >= 0.6 is 0 Å². The Balaban J connectivity index is 1.80. The highest BCUT2D eigenvalue weighted by atomic mass is 14.7. The fourth-order valence-electron chi connectivity index (χ4n) is 3.18. The van der Waals surface area contributed by atoms with Crippen molar-refractivity contribution in [3.05, 3.63) is 114 Å². The molecule has 0 aliphatic carbocycles. The molecular weight excluding hydrogens is 290 g/mol. The van der Waals surface area contributed by atoms with Crippen LogP contribution in [0.25, 0.3) is 17.0 Å². The van der Waals surface area contributed by atoms with Gasteiger partial charge in [0.15, 0.2) is 0 Å². The van der Waals surface area contributed by atoms with Crippen LogP contribution in [0.3, 0.4) is 0 Å². The average Bonchev–Trinajstić information content (AvgIpc) is 3.08. The second kappa shape index (κ2) is 6.59. The van der Waals surface area contributed by atoms with Gasteiger partial charge < -0.3 is 4.98 Å². The summed E-state index contributed by atoms with van der Waals surface area (Å²) in [6.07, 6.45) is 6.64. The SMILES string of the molecule is C(=C\[C@@H](c1ccccc1)c1c[nH]c2ccccc12)/c1ccccc1. The first-order chi connectivity index (χ1) is 11.9. The highest BCUT2D eigenvalue weighted by Crippen LogP contribution is 2.32. The van der Waals surface area contributed by atoms with Gasteiger partial charge >= 0.3 is 0 Å². The number of benzene rings is 3. The Morgan fingerprint density at radius 1 is 0.708 bits per heavy atom. The number of aromatic nitrogens is 1. The first-order valence-electron chi connectivity index (χ1n) is 8.26. The van der Waals surface area contributed by atoms with Crippen molar-refractivity contribution in [1.29, 1.82) is 0 Å². The topological polar surface area (TPSA) is 15.8 Å². The molecule has 0 bridgehead atoms. The fraction of sp³-hybridized carbons (Fsp3) is 0.0435. The van der Waals surface area contributed by atoms with Crippen LogP contribution in [0, 0.1) is 0 Å². The molecule has 3 aromatic carbocycles. The summed E-state index contributed by atoms with van der Waals surface area (Å²) in [5.41, 5.74) is 5.01. The van der Waals surface area contributed by atoms with E-state index in [4.69, 9.17) is 0 Å². The Labute approximate surface area is 142 Å². The Morgan fingerprint density at radius 2 is 1.38 bits per heavy atom. The highest BCUT2D eigenvalue weighted by molar-refractivity contribution is 5.84. The van der Waals surface area contributed by atoms with E-state index in [1.165, 1.54) is 27.6 Å². The van der Waals surface area contributed by atoms with E-state index in [0.29, 0.717) is 0 Å². The molecule has 0 aliphatic heterocycles. The summed E-state index contributed by atoms with van der Waals surface area (Å²) in [5.74, 6) is 0.225.